The van der Waals surface area contributed by atoms with Gasteiger partial charge in [0.05, 0.1) is 6.26 Å². The van der Waals surface area contributed by atoms with E-state index in [4.69, 9.17) is 10.3 Å². The summed E-state index contributed by atoms with van der Waals surface area (Å²) in [6.45, 7) is 2.10. The third-order valence-corrected chi connectivity index (χ3v) is 2.58. The van der Waals surface area contributed by atoms with Crippen molar-refractivity contribution in [2.24, 2.45) is 5.84 Å². The van der Waals surface area contributed by atoms with Crippen LogP contribution in [0.25, 0.3) is 0 Å². The van der Waals surface area contributed by atoms with Crippen molar-refractivity contribution in [1.82, 2.24) is 9.97 Å². The van der Waals surface area contributed by atoms with E-state index in [-0.39, 0.29) is 6.04 Å². The lowest BCUT2D eigenvalue weighted by atomic mass is 10.1. The summed E-state index contributed by atoms with van der Waals surface area (Å²) in [7, 11) is 0. The van der Waals surface area contributed by atoms with E-state index in [0.29, 0.717) is 5.95 Å². The number of rotatable bonds is 6. The van der Waals surface area contributed by atoms with Gasteiger partial charge in [-0.3, -0.25) is 5.43 Å². The van der Waals surface area contributed by atoms with Gasteiger partial charge in [0.1, 0.15) is 11.6 Å². The Bertz CT molecular complexity index is 471. The number of nitrogens with zero attached hydrogens (tertiary/aromatic N) is 2. The van der Waals surface area contributed by atoms with Gasteiger partial charge in [-0.25, -0.2) is 10.8 Å². The molecule has 96 valence electrons. The van der Waals surface area contributed by atoms with Crippen LogP contribution in [0.2, 0.25) is 0 Å². The van der Waals surface area contributed by atoms with Crippen LogP contribution in [0.15, 0.2) is 35.1 Å². The minimum absolute atomic E-state index is 0.288. The molecule has 0 saturated heterocycles. The van der Waals surface area contributed by atoms with Crippen molar-refractivity contribution in [3.8, 4) is 0 Å². The Morgan fingerprint density at radius 1 is 1.44 bits per heavy atom. The van der Waals surface area contributed by atoms with Crippen LogP contribution in [0.4, 0.5) is 11.8 Å². The molecule has 4 N–H and O–H groups in total. The van der Waals surface area contributed by atoms with Crippen LogP contribution >= 0.6 is 0 Å². The van der Waals surface area contributed by atoms with E-state index in [0.717, 1.165) is 24.4 Å². The summed E-state index contributed by atoms with van der Waals surface area (Å²) >= 11 is 0. The zero-order valence-electron chi connectivity index (χ0n) is 10.3. The van der Waals surface area contributed by atoms with E-state index in [1.807, 2.05) is 18.2 Å². The Hall–Kier alpha value is -2.08. The normalized spacial score (nSPS) is 12.1. The summed E-state index contributed by atoms with van der Waals surface area (Å²) in [6.07, 6.45) is 5.21. The van der Waals surface area contributed by atoms with Gasteiger partial charge in [0.25, 0.3) is 0 Å². The van der Waals surface area contributed by atoms with Gasteiger partial charge in [0.15, 0.2) is 0 Å². The van der Waals surface area contributed by atoms with Crippen LogP contribution in [-0.4, -0.2) is 16.0 Å². The molecule has 0 aromatic carbocycles. The van der Waals surface area contributed by atoms with Gasteiger partial charge in [-0.15, -0.1) is 0 Å². The van der Waals surface area contributed by atoms with E-state index in [1.54, 1.807) is 12.5 Å². The Morgan fingerprint density at radius 2 is 2.33 bits per heavy atom. The van der Waals surface area contributed by atoms with Gasteiger partial charge in [-0.2, -0.15) is 4.98 Å². The lowest BCUT2D eigenvalue weighted by Gasteiger charge is -2.13. The standard InChI is InChI=1S/C12H17N5O/c1-9(4-5-10-3-2-8-18-10)15-11-6-7-14-12(16-11)17-13/h2-3,6-9H,4-5,13H2,1H3,(H2,14,15,16,17). The van der Waals surface area contributed by atoms with Crippen LogP contribution in [0.5, 0.6) is 0 Å². The summed E-state index contributed by atoms with van der Waals surface area (Å²) in [6, 6.07) is 5.98. The SMILES string of the molecule is CC(CCc1ccco1)Nc1ccnc(NN)n1. The second kappa shape index (κ2) is 6.02. The number of nitrogen functional groups attached to an aromatic ring is 1. The Morgan fingerprint density at radius 3 is 3.06 bits per heavy atom. The summed E-state index contributed by atoms with van der Waals surface area (Å²) in [5, 5.41) is 3.29. The fourth-order valence-corrected chi connectivity index (χ4v) is 1.65. The topological polar surface area (TPSA) is 89.0 Å². The van der Waals surface area contributed by atoms with Crippen LogP contribution in [0.3, 0.4) is 0 Å². The smallest absolute Gasteiger partial charge is 0.239 e. The highest BCUT2D eigenvalue weighted by molar-refractivity contribution is 5.39. The fraction of sp³-hybridized carbons (Fsp3) is 0.333. The summed E-state index contributed by atoms with van der Waals surface area (Å²) in [5.41, 5.74) is 2.42. The van der Waals surface area contributed by atoms with Gasteiger partial charge in [-0.05, 0) is 31.5 Å². The third kappa shape index (κ3) is 3.46. The molecular formula is C12H17N5O. The van der Waals surface area contributed by atoms with Crippen molar-refractivity contribution in [1.29, 1.82) is 0 Å². The predicted molar refractivity (Wildman–Crippen MR) is 70.0 cm³/mol. The fourth-order valence-electron chi connectivity index (χ4n) is 1.65. The maximum absolute atomic E-state index is 5.29. The summed E-state index contributed by atoms with van der Waals surface area (Å²) in [5.74, 6) is 7.41. The minimum Gasteiger partial charge on any atom is -0.469 e. The largest absolute Gasteiger partial charge is 0.469 e. The number of aromatic nitrogens is 2. The highest BCUT2D eigenvalue weighted by Crippen LogP contribution is 2.10. The number of hydrazine groups is 1. The predicted octanol–water partition coefficient (Wildman–Crippen LogP) is 1.79. The maximum atomic E-state index is 5.29. The second-order valence-corrected chi connectivity index (χ2v) is 4.07. The Kier molecular flexibility index (Phi) is 4.14. The number of furan rings is 1. The molecule has 0 amide bonds. The lowest BCUT2D eigenvalue weighted by Crippen LogP contribution is -2.18. The average Bonchev–Trinajstić information content (AvgIpc) is 2.90. The van der Waals surface area contributed by atoms with Crippen molar-refractivity contribution in [2.75, 3.05) is 10.7 Å². The number of aryl methyl sites for hydroxylation is 1. The molecule has 2 aromatic rings. The molecule has 0 aliphatic rings. The van der Waals surface area contributed by atoms with Crippen LogP contribution < -0.4 is 16.6 Å². The van der Waals surface area contributed by atoms with E-state index in [9.17, 15) is 0 Å². The first-order valence-corrected chi connectivity index (χ1v) is 5.86. The van der Waals surface area contributed by atoms with Crippen LogP contribution in [-0.2, 0) is 6.42 Å². The van der Waals surface area contributed by atoms with Crippen molar-refractivity contribution < 1.29 is 4.42 Å². The molecule has 2 aromatic heterocycles. The summed E-state index contributed by atoms with van der Waals surface area (Å²) < 4.78 is 5.29. The Labute approximate surface area is 106 Å². The molecule has 0 aliphatic heterocycles. The van der Waals surface area contributed by atoms with Crippen molar-refractivity contribution in [2.45, 2.75) is 25.8 Å². The average molecular weight is 247 g/mol. The van der Waals surface area contributed by atoms with E-state index in [1.165, 1.54) is 0 Å². The van der Waals surface area contributed by atoms with Gasteiger partial charge < -0.3 is 9.73 Å². The van der Waals surface area contributed by atoms with Crippen LogP contribution in [0.1, 0.15) is 19.1 Å². The first-order chi connectivity index (χ1) is 8.78. The molecule has 0 spiro atoms. The molecule has 18 heavy (non-hydrogen) atoms. The first-order valence-electron chi connectivity index (χ1n) is 5.86. The van der Waals surface area contributed by atoms with Crippen molar-refractivity contribution in [3.63, 3.8) is 0 Å². The number of nitrogens with one attached hydrogen (secondary N) is 2. The zero-order valence-corrected chi connectivity index (χ0v) is 10.3. The second-order valence-electron chi connectivity index (χ2n) is 4.07. The molecule has 6 nitrogen and oxygen atoms in total. The monoisotopic (exact) mass is 247 g/mol. The molecule has 0 fully saturated rings. The maximum Gasteiger partial charge on any atom is 0.239 e. The molecule has 0 radical (unpaired) electrons. The van der Waals surface area contributed by atoms with Gasteiger partial charge in [0, 0.05) is 18.7 Å². The quantitative estimate of drug-likeness (QED) is 0.532. The molecule has 2 rings (SSSR count). The molecular weight excluding hydrogens is 230 g/mol. The Balaban J connectivity index is 1.84. The molecule has 1 unspecified atom stereocenters. The lowest BCUT2D eigenvalue weighted by molar-refractivity contribution is 0.495. The first kappa shape index (κ1) is 12.4. The van der Waals surface area contributed by atoms with E-state index < -0.39 is 0 Å². The molecule has 2 heterocycles. The molecule has 1 atom stereocenters. The van der Waals surface area contributed by atoms with E-state index >= 15 is 0 Å². The van der Waals surface area contributed by atoms with Gasteiger partial charge in [-0.1, -0.05) is 0 Å². The summed E-state index contributed by atoms with van der Waals surface area (Å²) in [4.78, 5) is 8.14. The highest BCUT2D eigenvalue weighted by atomic mass is 16.3. The van der Waals surface area contributed by atoms with Crippen molar-refractivity contribution >= 4 is 11.8 Å². The molecule has 0 bridgehead atoms. The van der Waals surface area contributed by atoms with Gasteiger partial charge >= 0.3 is 0 Å². The third-order valence-electron chi connectivity index (χ3n) is 2.58. The number of hydrogen-bond donors (Lipinski definition) is 3. The molecule has 0 saturated carbocycles. The molecule has 0 aliphatic carbocycles. The van der Waals surface area contributed by atoms with Gasteiger partial charge in [0.2, 0.25) is 5.95 Å². The minimum atomic E-state index is 0.288. The number of nitrogens with two attached hydrogens (primary N) is 1. The number of hydrogen-bond acceptors (Lipinski definition) is 6. The number of anilines is 2. The zero-order chi connectivity index (χ0) is 12.8. The molecule has 6 heteroatoms. The van der Waals surface area contributed by atoms with Crippen LogP contribution in [0, 0.1) is 0 Å². The van der Waals surface area contributed by atoms with E-state index in [2.05, 4.69) is 27.6 Å². The van der Waals surface area contributed by atoms with Crippen molar-refractivity contribution in [3.05, 3.63) is 36.4 Å². The highest BCUT2D eigenvalue weighted by Gasteiger charge is 2.05.